The molecule has 1 aliphatic heterocycles. The Labute approximate surface area is 104 Å². The summed E-state index contributed by atoms with van der Waals surface area (Å²) in [5.41, 5.74) is 7.00. The second-order valence-electron chi connectivity index (χ2n) is 4.39. The van der Waals surface area contributed by atoms with Crippen molar-refractivity contribution >= 4 is 22.6 Å². The third-order valence-corrected chi connectivity index (χ3v) is 4.43. The Balaban J connectivity index is 1.91. The van der Waals surface area contributed by atoms with E-state index in [2.05, 4.69) is 34.5 Å². The van der Waals surface area contributed by atoms with Gasteiger partial charge in [-0.3, -0.25) is 0 Å². The molecule has 2 atom stereocenters. The largest absolute Gasteiger partial charge is 0.400 e. The van der Waals surface area contributed by atoms with Gasteiger partial charge in [-0.1, -0.05) is 12.7 Å². The van der Waals surface area contributed by atoms with Gasteiger partial charge in [0, 0.05) is 21.4 Å². The lowest BCUT2D eigenvalue weighted by Gasteiger charge is -2.27. The van der Waals surface area contributed by atoms with Crippen molar-refractivity contribution in [1.29, 1.82) is 0 Å². The van der Waals surface area contributed by atoms with Crippen LogP contribution >= 0.6 is 22.6 Å². The van der Waals surface area contributed by atoms with Crippen molar-refractivity contribution in [1.82, 2.24) is 5.32 Å². The highest BCUT2D eigenvalue weighted by Crippen LogP contribution is 2.38. The Morgan fingerprint density at radius 3 is 3.00 bits per heavy atom. The van der Waals surface area contributed by atoms with E-state index in [-0.39, 0.29) is 5.54 Å². The van der Waals surface area contributed by atoms with Crippen LogP contribution in [0.4, 0.5) is 0 Å². The standard InChI is InChI=1S/C11H17IN2O/c1-2-9(12)10(13)6-14-11-4-3-8(5-11)15-7-11/h2,8,14H,1,3-7,13H2/b10-9+. The summed E-state index contributed by atoms with van der Waals surface area (Å²) in [5, 5.41) is 3.54. The molecule has 2 aliphatic rings. The van der Waals surface area contributed by atoms with E-state index in [4.69, 9.17) is 10.5 Å². The highest BCUT2D eigenvalue weighted by Gasteiger charge is 2.45. The van der Waals surface area contributed by atoms with Crippen LogP contribution in [-0.2, 0) is 4.74 Å². The maximum absolute atomic E-state index is 5.93. The summed E-state index contributed by atoms with van der Waals surface area (Å²) in [4.78, 5) is 0. The van der Waals surface area contributed by atoms with Crippen molar-refractivity contribution < 1.29 is 4.74 Å². The number of halogens is 1. The average molecular weight is 320 g/mol. The summed E-state index contributed by atoms with van der Waals surface area (Å²) in [5.74, 6) is 0. The number of nitrogens with two attached hydrogens (primary N) is 1. The first kappa shape index (κ1) is 11.4. The third-order valence-electron chi connectivity index (χ3n) is 3.30. The Morgan fingerprint density at radius 1 is 1.73 bits per heavy atom. The van der Waals surface area contributed by atoms with Crippen LogP contribution in [0.25, 0.3) is 0 Å². The molecule has 0 aromatic carbocycles. The van der Waals surface area contributed by atoms with Crippen molar-refractivity contribution in [2.75, 3.05) is 13.2 Å². The van der Waals surface area contributed by atoms with Crippen LogP contribution in [0.5, 0.6) is 0 Å². The number of allylic oxidation sites excluding steroid dienone is 2. The quantitative estimate of drug-likeness (QED) is 0.612. The van der Waals surface area contributed by atoms with Crippen LogP contribution in [0.2, 0.25) is 0 Å². The van der Waals surface area contributed by atoms with E-state index in [9.17, 15) is 0 Å². The van der Waals surface area contributed by atoms with Gasteiger partial charge in [-0.05, 0) is 41.9 Å². The molecule has 0 spiro atoms. The summed E-state index contributed by atoms with van der Waals surface area (Å²) >= 11 is 2.21. The fourth-order valence-electron chi connectivity index (χ4n) is 2.34. The first-order chi connectivity index (χ1) is 7.15. The highest BCUT2D eigenvalue weighted by molar-refractivity contribution is 14.1. The van der Waals surface area contributed by atoms with Crippen LogP contribution in [-0.4, -0.2) is 24.8 Å². The molecule has 1 saturated carbocycles. The van der Waals surface area contributed by atoms with Crippen LogP contribution in [0.3, 0.4) is 0 Å². The van der Waals surface area contributed by atoms with Gasteiger partial charge in [-0.15, -0.1) is 0 Å². The van der Waals surface area contributed by atoms with E-state index >= 15 is 0 Å². The van der Waals surface area contributed by atoms with Crippen LogP contribution in [0, 0.1) is 0 Å². The topological polar surface area (TPSA) is 47.3 Å². The predicted molar refractivity (Wildman–Crippen MR) is 69.8 cm³/mol. The molecule has 2 rings (SSSR count). The summed E-state index contributed by atoms with van der Waals surface area (Å²) < 4.78 is 6.67. The van der Waals surface area contributed by atoms with Crippen molar-refractivity contribution in [3.05, 3.63) is 21.9 Å². The maximum Gasteiger partial charge on any atom is 0.0653 e. The molecule has 0 radical (unpaired) electrons. The van der Waals surface area contributed by atoms with Gasteiger partial charge >= 0.3 is 0 Å². The number of nitrogens with one attached hydrogen (secondary N) is 1. The van der Waals surface area contributed by atoms with E-state index in [1.807, 2.05) is 0 Å². The SMILES string of the molecule is C=C/C(I)=C(\N)CNC12CCC(C1)OC2. The fraction of sp³-hybridized carbons (Fsp3) is 0.636. The van der Waals surface area contributed by atoms with Crippen LogP contribution in [0.1, 0.15) is 19.3 Å². The Kier molecular flexibility index (Phi) is 3.37. The zero-order valence-electron chi connectivity index (χ0n) is 8.76. The van der Waals surface area contributed by atoms with Gasteiger partial charge < -0.3 is 15.8 Å². The molecule has 1 aliphatic carbocycles. The van der Waals surface area contributed by atoms with Gasteiger partial charge in [0.05, 0.1) is 12.7 Å². The number of hydrogen-bond donors (Lipinski definition) is 2. The van der Waals surface area contributed by atoms with Crippen molar-refractivity contribution in [2.24, 2.45) is 5.73 Å². The van der Waals surface area contributed by atoms with Crippen LogP contribution < -0.4 is 11.1 Å². The van der Waals surface area contributed by atoms with E-state index in [1.165, 1.54) is 12.8 Å². The lowest BCUT2D eigenvalue weighted by atomic mass is 10.00. The molecule has 2 fully saturated rings. The molecule has 1 saturated heterocycles. The number of rotatable bonds is 4. The Morgan fingerprint density at radius 2 is 2.53 bits per heavy atom. The molecule has 4 heteroatoms. The van der Waals surface area contributed by atoms with Crippen molar-refractivity contribution in [2.45, 2.75) is 30.9 Å². The summed E-state index contributed by atoms with van der Waals surface area (Å²) in [7, 11) is 0. The molecule has 2 bridgehead atoms. The highest BCUT2D eigenvalue weighted by atomic mass is 127. The predicted octanol–water partition coefficient (Wildman–Crippen LogP) is 1.69. The number of fused-ring (bicyclic) bond motifs is 2. The van der Waals surface area contributed by atoms with Gasteiger partial charge in [0.2, 0.25) is 0 Å². The molecule has 0 aromatic heterocycles. The molecule has 1 heterocycles. The Hall–Kier alpha value is -0.0700. The zero-order chi connectivity index (χ0) is 10.9. The van der Waals surface area contributed by atoms with E-state index < -0.39 is 0 Å². The summed E-state index contributed by atoms with van der Waals surface area (Å²) in [6.45, 7) is 5.29. The first-order valence-corrected chi connectivity index (χ1v) is 6.36. The summed E-state index contributed by atoms with van der Waals surface area (Å²) in [6, 6.07) is 0. The zero-order valence-corrected chi connectivity index (χ0v) is 10.9. The number of hydrogen-bond acceptors (Lipinski definition) is 3. The molecular weight excluding hydrogens is 303 g/mol. The average Bonchev–Trinajstić information content (AvgIpc) is 2.85. The minimum Gasteiger partial charge on any atom is -0.400 e. The lowest BCUT2D eigenvalue weighted by molar-refractivity contribution is 0.0641. The number of ether oxygens (including phenoxy) is 1. The molecular formula is C11H17IN2O. The molecule has 3 nitrogen and oxygen atoms in total. The van der Waals surface area contributed by atoms with Gasteiger partial charge in [0.25, 0.3) is 0 Å². The second kappa shape index (κ2) is 4.43. The minimum absolute atomic E-state index is 0.202. The van der Waals surface area contributed by atoms with E-state index in [1.54, 1.807) is 6.08 Å². The smallest absolute Gasteiger partial charge is 0.0653 e. The molecule has 2 unspecified atom stereocenters. The fourth-order valence-corrected chi connectivity index (χ4v) is 2.53. The second-order valence-corrected chi connectivity index (χ2v) is 5.55. The van der Waals surface area contributed by atoms with Gasteiger partial charge in [0.1, 0.15) is 0 Å². The normalized spacial score (nSPS) is 35.4. The van der Waals surface area contributed by atoms with Crippen LogP contribution in [0.15, 0.2) is 21.9 Å². The van der Waals surface area contributed by atoms with E-state index in [0.717, 1.165) is 28.8 Å². The third kappa shape index (κ3) is 2.37. The van der Waals surface area contributed by atoms with Gasteiger partial charge in [0.15, 0.2) is 0 Å². The molecule has 0 aromatic rings. The molecule has 15 heavy (non-hydrogen) atoms. The maximum atomic E-state index is 5.93. The van der Waals surface area contributed by atoms with E-state index in [0.29, 0.717) is 6.10 Å². The van der Waals surface area contributed by atoms with Gasteiger partial charge in [-0.25, -0.2) is 0 Å². The molecule has 3 N–H and O–H groups in total. The lowest BCUT2D eigenvalue weighted by Crippen LogP contribution is -2.46. The van der Waals surface area contributed by atoms with Crippen molar-refractivity contribution in [3.63, 3.8) is 0 Å². The monoisotopic (exact) mass is 320 g/mol. The minimum atomic E-state index is 0.202. The Bertz CT molecular complexity index is 293. The molecule has 84 valence electrons. The summed E-state index contributed by atoms with van der Waals surface area (Å²) in [6.07, 6.45) is 5.83. The van der Waals surface area contributed by atoms with Gasteiger partial charge in [-0.2, -0.15) is 0 Å². The van der Waals surface area contributed by atoms with Crippen molar-refractivity contribution in [3.8, 4) is 0 Å². The molecule has 0 amide bonds. The first-order valence-electron chi connectivity index (χ1n) is 5.28.